The van der Waals surface area contributed by atoms with Crippen LogP contribution < -0.4 is 34.9 Å². The molecule has 0 fully saturated rings. The molecular formula is C8H16NNaO6S. The molecule has 0 rings (SSSR count). The molecular weight excluding hydrogens is 261 g/mol. The molecule has 0 bridgehead atoms. The molecule has 0 aromatic carbocycles. The number of hydrogen-bond donors (Lipinski definition) is 2. The average molecular weight is 277 g/mol. The first kappa shape index (κ1) is 19.5. The van der Waals surface area contributed by atoms with Gasteiger partial charge in [-0.2, -0.15) is 0 Å². The summed E-state index contributed by atoms with van der Waals surface area (Å²) in [5.74, 6) is 0. The van der Waals surface area contributed by atoms with Crippen LogP contribution in [0, 0.1) is 0 Å². The minimum Gasteiger partial charge on any atom is -0.746 e. The maximum atomic E-state index is 11.2. The molecule has 0 aliphatic heterocycles. The van der Waals surface area contributed by atoms with E-state index in [-0.39, 0.29) is 29.6 Å². The zero-order chi connectivity index (χ0) is 13.1. The van der Waals surface area contributed by atoms with Crippen molar-refractivity contribution in [3.05, 3.63) is 0 Å². The van der Waals surface area contributed by atoms with E-state index in [0.29, 0.717) is 0 Å². The summed E-state index contributed by atoms with van der Waals surface area (Å²) in [6.45, 7) is 6.05. The fourth-order valence-electron chi connectivity index (χ4n) is 0.815. The average Bonchev–Trinajstić information content (AvgIpc) is 1.96. The molecule has 7 nitrogen and oxygen atoms in total. The van der Waals surface area contributed by atoms with Crippen LogP contribution in [-0.4, -0.2) is 41.2 Å². The normalized spacial score (nSPS) is 15.4. The third kappa shape index (κ3) is 8.81. The summed E-state index contributed by atoms with van der Waals surface area (Å²) >= 11 is 0. The second-order valence-electron chi connectivity index (χ2n) is 4.32. The minimum atomic E-state index is -4.86. The van der Waals surface area contributed by atoms with Crippen molar-refractivity contribution < 1.29 is 57.2 Å². The molecule has 0 heterocycles. The number of carbonyl (C=O) groups excluding carboxylic acids is 1. The van der Waals surface area contributed by atoms with Gasteiger partial charge in [-0.1, -0.05) is 0 Å². The summed E-state index contributed by atoms with van der Waals surface area (Å²) in [6.07, 6.45) is -0.900. The van der Waals surface area contributed by atoms with E-state index in [1.807, 2.05) is 0 Å². The van der Waals surface area contributed by atoms with Gasteiger partial charge in [0.05, 0.1) is 6.04 Å². The number of rotatable bonds is 3. The molecule has 2 atom stereocenters. The summed E-state index contributed by atoms with van der Waals surface area (Å²) in [4.78, 5) is 11.2. The van der Waals surface area contributed by atoms with Crippen molar-refractivity contribution in [1.82, 2.24) is 5.32 Å². The summed E-state index contributed by atoms with van der Waals surface area (Å²) in [6, 6.07) is -1.24. The van der Waals surface area contributed by atoms with Crippen molar-refractivity contribution in [1.29, 1.82) is 0 Å². The molecule has 0 aliphatic carbocycles. The first-order valence-electron chi connectivity index (χ1n) is 4.56. The monoisotopic (exact) mass is 277 g/mol. The number of aliphatic hydroxyl groups excluding tert-OH is 1. The van der Waals surface area contributed by atoms with E-state index in [9.17, 15) is 17.8 Å². The molecule has 0 saturated carbocycles. The number of carbonyl (C=O) groups is 1. The molecule has 0 aromatic heterocycles. The number of alkyl carbamates (subject to hydrolysis) is 1. The fourth-order valence-corrected chi connectivity index (χ4v) is 1.38. The van der Waals surface area contributed by atoms with Crippen LogP contribution in [-0.2, 0) is 14.9 Å². The zero-order valence-electron chi connectivity index (χ0n) is 10.6. The van der Waals surface area contributed by atoms with Gasteiger partial charge in [0.15, 0.2) is 5.44 Å². The first-order valence-corrected chi connectivity index (χ1v) is 6.03. The standard InChI is InChI=1S/C8H17NO6S.Na/c1-5(6(10)16(12,13)14)9-7(11)15-8(2,3)4;/h5-6,10H,1-4H3,(H,9,11)(H,12,13,14);/q;+1/p-1. The Bertz CT molecular complexity index is 350. The van der Waals surface area contributed by atoms with Gasteiger partial charge in [-0.25, -0.2) is 13.2 Å². The van der Waals surface area contributed by atoms with E-state index in [1.165, 1.54) is 6.92 Å². The van der Waals surface area contributed by atoms with Gasteiger partial charge in [0.1, 0.15) is 15.7 Å². The Hall–Kier alpha value is 0.140. The number of aliphatic hydroxyl groups is 1. The molecule has 2 N–H and O–H groups in total. The predicted octanol–water partition coefficient (Wildman–Crippen LogP) is -3.23. The smallest absolute Gasteiger partial charge is 0.746 e. The second-order valence-corrected chi connectivity index (χ2v) is 5.79. The first-order chi connectivity index (χ1) is 6.93. The fraction of sp³-hybridized carbons (Fsp3) is 0.875. The predicted molar refractivity (Wildman–Crippen MR) is 54.5 cm³/mol. The maximum absolute atomic E-state index is 11.2. The summed E-state index contributed by atoms with van der Waals surface area (Å²) < 4.78 is 36.1. The molecule has 2 unspecified atom stereocenters. The Morgan fingerprint density at radius 2 is 1.82 bits per heavy atom. The van der Waals surface area contributed by atoms with E-state index in [1.54, 1.807) is 20.8 Å². The van der Waals surface area contributed by atoms with Crippen LogP contribution in [0.3, 0.4) is 0 Å². The maximum Gasteiger partial charge on any atom is 1.00 e. The van der Waals surface area contributed by atoms with E-state index in [0.717, 1.165) is 0 Å². The largest absolute Gasteiger partial charge is 1.00 e. The van der Waals surface area contributed by atoms with E-state index in [2.05, 4.69) is 5.32 Å². The van der Waals surface area contributed by atoms with Gasteiger partial charge in [0, 0.05) is 0 Å². The van der Waals surface area contributed by atoms with Gasteiger partial charge >= 0.3 is 35.7 Å². The number of nitrogens with one attached hydrogen (secondary N) is 1. The van der Waals surface area contributed by atoms with Crippen LogP contribution in [0.2, 0.25) is 0 Å². The minimum absolute atomic E-state index is 0. The quantitative estimate of drug-likeness (QED) is 0.414. The molecule has 96 valence electrons. The van der Waals surface area contributed by atoms with Crippen LogP contribution in [0.5, 0.6) is 0 Å². The molecule has 9 heteroatoms. The van der Waals surface area contributed by atoms with Crippen LogP contribution in [0.4, 0.5) is 4.79 Å². The van der Waals surface area contributed by atoms with Crippen molar-refractivity contribution in [2.24, 2.45) is 0 Å². The molecule has 1 amide bonds. The molecule has 0 spiro atoms. The Kier molecular flexibility index (Phi) is 7.92. The van der Waals surface area contributed by atoms with Crippen molar-refractivity contribution in [3.63, 3.8) is 0 Å². The van der Waals surface area contributed by atoms with Crippen LogP contribution >= 0.6 is 0 Å². The van der Waals surface area contributed by atoms with Crippen LogP contribution in [0.1, 0.15) is 27.7 Å². The van der Waals surface area contributed by atoms with E-state index < -0.39 is 33.3 Å². The topological polar surface area (TPSA) is 116 Å². The zero-order valence-corrected chi connectivity index (χ0v) is 13.4. The SMILES string of the molecule is CC(NC(=O)OC(C)(C)C)C(O)S(=O)(=O)[O-].[Na+]. The number of amides is 1. The van der Waals surface area contributed by atoms with E-state index in [4.69, 9.17) is 9.84 Å². The Morgan fingerprint density at radius 1 is 1.41 bits per heavy atom. The Balaban J connectivity index is 0. The molecule has 17 heavy (non-hydrogen) atoms. The van der Waals surface area contributed by atoms with Gasteiger partial charge in [0.2, 0.25) is 0 Å². The Morgan fingerprint density at radius 3 is 2.12 bits per heavy atom. The van der Waals surface area contributed by atoms with Gasteiger partial charge in [-0.05, 0) is 27.7 Å². The summed E-state index contributed by atoms with van der Waals surface area (Å²) in [5.41, 5.74) is -2.94. The van der Waals surface area contributed by atoms with Crippen molar-refractivity contribution in [2.75, 3.05) is 0 Å². The van der Waals surface area contributed by atoms with Gasteiger partial charge < -0.3 is 19.7 Å². The van der Waals surface area contributed by atoms with E-state index >= 15 is 0 Å². The van der Waals surface area contributed by atoms with Crippen LogP contribution in [0.25, 0.3) is 0 Å². The molecule has 0 radical (unpaired) electrons. The third-order valence-corrected chi connectivity index (χ3v) is 2.47. The van der Waals surface area contributed by atoms with Gasteiger partial charge in [-0.15, -0.1) is 0 Å². The second kappa shape index (κ2) is 6.91. The summed E-state index contributed by atoms with van der Waals surface area (Å²) in [5, 5.41) is 11.1. The number of hydrogen-bond acceptors (Lipinski definition) is 6. The van der Waals surface area contributed by atoms with Crippen molar-refractivity contribution >= 4 is 16.2 Å². The molecule has 0 aliphatic rings. The van der Waals surface area contributed by atoms with Crippen LogP contribution in [0.15, 0.2) is 0 Å². The molecule has 0 saturated heterocycles. The molecule has 0 aromatic rings. The van der Waals surface area contributed by atoms with Gasteiger partial charge in [-0.3, -0.25) is 0 Å². The Labute approximate surface area is 123 Å². The van der Waals surface area contributed by atoms with Gasteiger partial charge in [0.25, 0.3) is 0 Å². The third-order valence-electron chi connectivity index (χ3n) is 1.47. The summed E-state index contributed by atoms with van der Waals surface area (Å²) in [7, 11) is -4.86. The van der Waals surface area contributed by atoms with Crippen molar-refractivity contribution in [3.8, 4) is 0 Å². The van der Waals surface area contributed by atoms with Crippen molar-refractivity contribution in [2.45, 2.75) is 44.8 Å². The number of ether oxygens (including phenoxy) is 1.